The molecule has 3 aliphatic carbocycles. The van der Waals surface area contributed by atoms with Crippen LogP contribution in [0.15, 0.2) is 78.9 Å². The van der Waals surface area contributed by atoms with Gasteiger partial charge in [-0.1, -0.05) is 84.4 Å². The molecule has 4 unspecified atom stereocenters. The SMILES string of the molecule is COC(=O)C12CN(Cc3ccccc3)CC1C1(c3cccc(C)c3)CCC2c2ccccc21. The van der Waals surface area contributed by atoms with E-state index < -0.39 is 5.41 Å². The molecular formula is C30H31NO2. The summed E-state index contributed by atoms with van der Waals surface area (Å²) >= 11 is 0. The molecule has 4 aliphatic rings. The minimum Gasteiger partial charge on any atom is -0.469 e. The molecule has 1 aliphatic heterocycles. The first-order valence-corrected chi connectivity index (χ1v) is 12.1. The number of nitrogens with zero attached hydrogens (tertiary/aromatic N) is 1. The molecule has 1 saturated carbocycles. The van der Waals surface area contributed by atoms with Crippen molar-refractivity contribution in [1.29, 1.82) is 0 Å². The van der Waals surface area contributed by atoms with Crippen molar-refractivity contribution in [3.8, 4) is 0 Å². The lowest BCUT2D eigenvalue weighted by atomic mass is 9.42. The number of methoxy groups -OCH3 is 1. The second-order valence-corrected chi connectivity index (χ2v) is 10.3. The molecule has 2 bridgehead atoms. The van der Waals surface area contributed by atoms with Crippen LogP contribution in [0.4, 0.5) is 0 Å². The first kappa shape index (κ1) is 20.7. The van der Waals surface area contributed by atoms with E-state index in [-0.39, 0.29) is 23.2 Å². The Labute approximate surface area is 196 Å². The van der Waals surface area contributed by atoms with Gasteiger partial charge in [0.25, 0.3) is 0 Å². The van der Waals surface area contributed by atoms with Crippen molar-refractivity contribution in [3.63, 3.8) is 0 Å². The van der Waals surface area contributed by atoms with E-state index in [2.05, 4.69) is 90.7 Å². The third-order valence-corrected chi connectivity index (χ3v) is 8.76. The fourth-order valence-corrected chi connectivity index (χ4v) is 7.61. The van der Waals surface area contributed by atoms with Crippen molar-refractivity contribution in [2.45, 2.75) is 37.6 Å². The molecular weight excluding hydrogens is 406 g/mol. The molecule has 168 valence electrons. The van der Waals surface area contributed by atoms with E-state index in [0.717, 1.165) is 32.5 Å². The van der Waals surface area contributed by atoms with Crippen LogP contribution in [0.5, 0.6) is 0 Å². The van der Waals surface area contributed by atoms with Crippen molar-refractivity contribution in [1.82, 2.24) is 4.90 Å². The first-order chi connectivity index (χ1) is 16.1. The van der Waals surface area contributed by atoms with Gasteiger partial charge in [0.05, 0.1) is 12.5 Å². The molecule has 1 saturated heterocycles. The summed E-state index contributed by atoms with van der Waals surface area (Å²) in [4.78, 5) is 16.3. The van der Waals surface area contributed by atoms with Crippen LogP contribution in [0.1, 0.15) is 46.6 Å². The fourth-order valence-electron chi connectivity index (χ4n) is 7.61. The fraction of sp³-hybridized carbons (Fsp3) is 0.367. The largest absolute Gasteiger partial charge is 0.469 e. The van der Waals surface area contributed by atoms with Crippen molar-refractivity contribution in [2.24, 2.45) is 11.3 Å². The maximum atomic E-state index is 13.8. The van der Waals surface area contributed by atoms with E-state index in [1.54, 1.807) is 7.11 Å². The maximum Gasteiger partial charge on any atom is 0.314 e. The number of aryl methyl sites for hydroxylation is 1. The van der Waals surface area contributed by atoms with Crippen molar-refractivity contribution >= 4 is 5.97 Å². The van der Waals surface area contributed by atoms with Gasteiger partial charge in [-0.15, -0.1) is 0 Å². The van der Waals surface area contributed by atoms with Gasteiger partial charge in [-0.2, -0.15) is 0 Å². The van der Waals surface area contributed by atoms with Gasteiger partial charge in [0.2, 0.25) is 0 Å². The number of fused-ring (bicyclic) bond motifs is 1. The van der Waals surface area contributed by atoms with Crippen molar-refractivity contribution < 1.29 is 9.53 Å². The van der Waals surface area contributed by atoms with Gasteiger partial charge in [0.15, 0.2) is 0 Å². The van der Waals surface area contributed by atoms with Crippen LogP contribution in [-0.2, 0) is 21.5 Å². The van der Waals surface area contributed by atoms with Gasteiger partial charge in [-0.05, 0) is 42.0 Å². The minimum atomic E-state index is -0.514. The summed E-state index contributed by atoms with van der Waals surface area (Å²) < 4.78 is 5.60. The summed E-state index contributed by atoms with van der Waals surface area (Å²) in [6.07, 6.45) is 2.11. The number of benzene rings is 3. The molecule has 33 heavy (non-hydrogen) atoms. The highest BCUT2D eigenvalue weighted by atomic mass is 16.5. The zero-order chi connectivity index (χ0) is 22.6. The normalized spacial score (nSPS) is 30.0. The average molecular weight is 438 g/mol. The molecule has 0 amide bonds. The van der Waals surface area contributed by atoms with Crippen molar-refractivity contribution in [3.05, 3.63) is 107 Å². The maximum absolute atomic E-state index is 13.8. The van der Waals surface area contributed by atoms with Crippen LogP contribution < -0.4 is 0 Å². The van der Waals surface area contributed by atoms with E-state index in [1.807, 2.05) is 0 Å². The Morgan fingerprint density at radius 3 is 2.61 bits per heavy atom. The van der Waals surface area contributed by atoms with E-state index in [0.29, 0.717) is 0 Å². The highest BCUT2D eigenvalue weighted by molar-refractivity contribution is 5.82. The standard InChI is InChI=1S/C30H31NO2/c1-21-9-8-12-23(17-21)29-16-15-26(24-13-6-7-14-25(24)29)30(28(32)33-2)20-31(19-27(29)30)18-22-10-4-3-5-11-22/h3-14,17,26-27H,15-16,18-20H2,1-2H3. The highest BCUT2D eigenvalue weighted by Crippen LogP contribution is 2.69. The summed E-state index contributed by atoms with van der Waals surface area (Å²) in [7, 11) is 1.57. The van der Waals surface area contributed by atoms with Crippen LogP contribution in [0.3, 0.4) is 0 Å². The van der Waals surface area contributed by atoms with Crippen LogP contribution in [-0.4, -0.2) is 31.1 Å². The third-order valence-electron chi connectivity index (χ3n) is 8.76. The van der Waals surface area contributed by atoms with E-state index in [1.165, 1.54) is 27.8 Å². The van der Waals surface area contributed by atoms with E-state index in [9.17, 15) is 4.79 Å². The zero-order valence-electron chi connectivity index (χ0n) is 19.5. The van der Waals surface area contributed by atoms with E-state index >= 15 is 0 Å². The monoisotopic (exact) mass is 437 g/mol. The Morgan fingerprint density at radius 2 is 1.82 bits per heavy atom. The Balaban J connectivity index is 1.56. The lowest BCUT2D eigenvalue weighted by molar-refractivity contribution is -0.161. The number of ether oxygens (including phenoxy) is 1. The van der Waals surface area contributed by atoms with Gasteiger partial charge < -0.3 is 4.74 Å². The summed E-state index contributed by atoms with van der Waals surface area (Å²) in [5.74, 6) is 0.370. The van der Waals surface area contributed by atoms with Crippen LogP contribution in [0.25, 0.3) is 0 Å². The average Bonchev–Trinajstić information content (AvgIpc) is 3.26. The summed E-state index contributed by atoms with van der Waals surface area (Å²) in [6.45, 7) is 4.70. The molecule has 0 aromatic heterocycles. The van der Waals surface area contributed by atoms with Crippen LogP contribution in [0, 0.1) is 18.3 Å². The molecule has 0 N–H and O–H groups in total. The minimum absolute atomic E-state index is 0.0284. The smallest absolute Gasteiger partial charge is 0.314 e. The molecule has 3 aromatic carbocycles. The predicted molar refractivity (Wildman–Crippen MR) is 130 cm³/mol. The highest BCUT2D eigenvalue weighted by Gasteiger charge is 2.70. The summed E-state index contributed by atoms with van der Waals surface area (Å²) in [5, 5.41) is 0. The topological polar surface area (TPSA) is 29.5 Å². The number of esters is 1. The zero-order valence-corrected chi connectivity index (χ0v) is 19.5. The van der Waals surface area contributed by atoms with Gasteiger partial charge in [-0.25, -0.2) is 0 Å². The van der Waals surface area contributed by atoms with Gasteiger partial charge in [-0.3, -0.25) is 9.69 Å². The van der Waals surface area contributed by atoms with E-state index in [4.69, 9.17) is 4.74 Å². The molecule has 0 radical (unpaired) electrons. The number of hydrogen-bond acceptors (Lipinski definition) is 3. The molecule has 1 heterocycles. The second-order valence-electron chi connectivity index (χ2n) is 10.3. The van der Waals surface area contributed by atoms with Gasteiger partial charge >= 0.3 is 5.97 Å². The molecule has 2 fully saturated rings. The number of likely N-dealkylation sites (tertiary alicyclic amines) is 1. The predicted octanol–water partition coefficient (Wildman–Crippen LogP) is 5.46. The Bertz CT molecular complexity index is 1200. The Morgan fingerprint density at radius 1 is 1.03 bits per heavy atom. The number of carbonyl (C=O) groups excluding carboxylic acids is 1. The Hall–Kier alpha value is -2.91. The second kappa shape index (κ2) is 7.56. The lowest BCUT2D eigenvalue weighted by Gasteiger charge is -2.59. The molecule has 7 rings (SSSR count). The van der Waals surface area contributed by atoms with Gasteiger partial charge in [0, 0.05) is 36.9 Å². The third kappa shape index (κ3) is 2.81. The number of rotatable bonds is 4. The molecule has 3 aromatic rings. The molecule has 0 spiro atoms. The Kier molecular flexibility index (Phi) is 4.74. The number of carbonyl (C=O) groups is 1. The summed E-state index contributed by atoms with van der Waals surface area (Å²) in [5.41, 5.74) is 6.02. The van der Waals surface area contributed by atoms with Gasteiger partial charge in [0.1, 0.15) is 0 Å². The number of hydrogen-bond donors (Lipinski definition) is 0. The molecule has 4 atom stereocenters. The quantitative estimate of drug-likeness (QED) is 0.508. The summed E-state index contributed by atoms with van der Waals surface area (Å²) in [6, 6.07) is 28.5. The van der Waals surface area contributed by atoms with Crippen molar-refractivity contribution in [2.75, 3.05) is 20.2 Å². The van der Waals surface area contributed by atoms with Crippen LogP contribution >= 0.6 is 0 Å². The molecule has 3 heteroatoms. The van der Waals surface area contributed by atoms with Crippen LogP contribution in [0.2, 0.25) is 0 Å². The lowest BCUT2D eigenvalue weighted by Crippen LogP contribution is -2.60. The first-order valence-electron chi connectivity index (χ1n) is 12.1. The molecule has 3 nitrogen and oxygen atoms in total.